The number of carbonyl (C=O) groups excluding carboxylic acids is 1. The number of aliphatic carboxylic acids is 1. The molecule has 0 aliphatic heterocycles. The van der Waals surface area contributed by atoms with Gasteiger partial charge in [-0.15, -0.1) is 0 Å². The van der Waals surface area contributed by atoms with Gasteiger partial charge >= 0.3 is 5.97 Å². The quantitative estimate of drug-likeness (QED) is 0.886. The predicted molar refractivity (Wildman–Crippen MR) is 85.3 cm³/mol. The van der Waals surface area contributed by atoms with Crippen LogP contribution in [0.3, 0.4) is 0 Å². The van der Waals surface area contributed by atoms with Gasteiger partial charge in [-0.3, -0.25) is 4.79 Å². The Morgan fingerprint density at radius 1 is 1.22 bits per heavy atom. The average molecular weight is 313 g/mol. The highest BCUT2D eigenvalue weighted by molar-refractivity contribution is 5.97. The van der Waals surface area contributed by atoms with Crippen LogP contribution in [0.2, 0.25) is 0 Å². The molecule has 0 atom stereocenters. The van der Waals surface area contributed by atoms with E-state index < -0.39 is 17.4 Å². The summed E-state index contributed by atoms with van der Waals surface area (Å²) in [4.78, 5) is 23.3. The maximum Gasteiger partial charge on any atom is 0.329 e. The highest BCUT2D eigenvalue weighted by Gasteiger charge is 2.52. The van der Waals surface area contributed by atoms with E-state index in [-0.39, 0.29) is 5.76 Å². The highest BCUT2D eigenvalue weighted by Crippen LogP contribution is 2.36. The van der Waals surface area contributed by atoms with E-state index in [4.69, 9.17) is 9.52 Å². The van der Waals surface area contributed by atoms with Crippen molar-refractivity contribution in [1.29, 1.82) is 0 Å². The van der Waals surface area contributed by atoms with Crippen LogP contribution in [-0.2, 0) is 4.79 Å². The molecule has 0 radical (unpaired) electrons. The average Bonchev–Trinajstić information content (AvgIpc) is 3.13. The van der Waals surface area contributed by atoms with Crippen LogP contribution < -0.4 is 5.32 Å². The minimum atomic E-state index is -1.11. The molecule has 5 heteroatoms. The lowest BCUT2D eigenvalue weighted by molar-refractivity contribution is -0.140. The molecule has 0 bridgehead atoms. The minimum Gasteiger partial charge on any atom is -0.480 e. The lowest BCUT2D eigenvalue weighted by atomic mass is 10.0. The summed E-state index contributed by atoms with van der Waals surface area (Å²) in [6.07, 6.45) is 0.913. The zero-order valence-corrected chi connectivity index (χ0v) is 13.1. The molecule has 1 aliphatic carbocycles. The lowest BCUT2D eigenvalue weighted by Crippen LogP contribution is -2.42. The van der Waals surface area contributed by atoms with Gasteiger partial charge in [0.2, 0.25) is 0 Å². The second-order valence-electron chi connectivity index (χ2n) is 6.29. The molecule has 1 heterocycles. The van der Waals surface area contributed by atoms with Gasteiger partial charge in [0.05, 0.1) is 0 Å². The van der Waals surface area contributed by atoms with Gasteiger partial charge in [0, 0.05) is 5.56 Å². The molecular weight excluding hydrogens is 294 g/mol. The van der Waals surface area contributed by atoms with Crippen LogP contribution in [-0.4, -0.2) is 22.5 Å². The molecule has 0 spiro atoms. The highest BCUT2D eigenvalue weighted by atomic mass is 16.4. The van der Waals surface area contributed by atoms with Crippen molar-refractivity contribution >= 4 is 11.9 Å². The summed E-state index contributed by atoms with van der Waals surface area (Å²) >= 11 is 0. The molecule has 23 heavy (non-hydrogen) atoms. The van der Waals surface area contributed by atoms with Gasteiger partial charge in [-0.1, -0.05) is 32.0 Å². The Morgan fingerprint density at radius 3 is 2.57 bits per heavy atom. The Labute approximate surface area is 134 Å². The largest absolute Gasteiger partial charge is 0.480 e. The fourth-order valence-electron chi connectivity index (χ4n) is 2.46. The predicted octanol–water partition coefficient (Wildman–Crippen LogP) is 3.42. The van der Waals surface area contributed by atoms with Crippen LogP contribution in [0.15, 0.2) is 40.8 Å². The van der Waals surface area contributed by atoms with Crippen molar-refractivity contribution in [1.82, 2.24) is 5.32 Å². The van der Waals surface area contributed by atoms with Gasteiger partial charge in [0.1, 0.15) is 11.3 Å². The first-order valence-corrected chi connectivity index (χ1v) is 7.67. The smallest absolute Gasteiger partial charge is 0.329 e. The van der Waals surface area contributed by atoms with E-state index in [0.717, 1.165) is 5.56 Å². The molecular formula is C18H19NO4. The first-order chi connectivity index (χ1) is 10.9. The second-order valence-corrected chi connectivity index (χ2v) is 6.29. The van der Waals surface area contributed by atoms with Crippen LogP contribution in [0.1, 0.15) is 48.7 Å². The number of carbonyl (C=O) groups is 2. The van der Waals surface area contributed by atoms with Gasteiger partial charge < -0.3 is 14.8 Å². The first kappa shape index (κ1) is 15.3. The molecule has 2 aromatic rings. The number of furan rings is 1. The Morgan fingerprint density at radius 2 is 1.96 bits per heavy atom. The number of carboxylic acids is 1. The third kappa shape index (κ3) is 2.99. The number of hydrogen-bond donors (Lipinski definition) is 2. The summed E-state index contributed by atoms with van der Waals surface area (Å²) in [5.74, 6) is -0.364. The van der Waals surface area contributed by atoms with Crippen molar-refractivity contribution in [2.45, 2.75) is 38.1 Å². The molecule has 1 aromatic carbocycles. The first-order valence-electron chi connectivity index (χ1n) is 7.67. The molecule has 0 unspecified atom stereocenters. The van der Waals surface area contributed by atoms with Gasteiger partial charge in [-0.2, -0.15) is 0 Å². The summed E-state index contributed by atoms with van der Waals surface area (Å²) in [5.41, 5.74) is 0.976. The summed E-state index contributed by atoms with van der Waals surface area (Å²) < 4.78 is 5.61. The number of hydrogen-bond acceptors (Lipinski definition) is 3. The van der Waals surface area contributed by atoms with Crippen LogP contribution >= 0.6 is 0 Å². The molecule has 5 nitrogen and oxygen atoms in total. The fraction of sp³-hybridized carbons (Fsp3) is 0.333. The standard InChI is InChI=1S/C18H19NO4/c1-11(2)12-4-3-5-13(10-12)14-6-7-15(23-14)16(20)19-18(8-9-18)17(21)22/h3-7,10-11H,8-9H2,1-2H3,(H,19,20)(H,21,22). The van der Waals surface area contributed by atoms with Crippen molar-refractivity contribution in [3.05, 3.63) is 47.7 Å². The van der Waals surface area contributed by atoms with Crippen molar-refractivity contribution in [2.24, 2.45) is 0 Å². The van der Waals surface area contributed by atoms with E-state index in [0.29, 0.717) is 24.5 Å². The molecule has 1 aromatic heterocycles. The molecule has 1 saturated carbocycles. The van der Waals surface area contributed by atoms with Crippen molar-refractivity contribution < 1.29 is 19.1 Å². The Kier molecular flexibility index (Phi) is 3.72. The van der Waals surface area contributed by atoms with Crippen LogP contribution in [0.25, 0.3) is 11.3 Å². The molecule has 3 rings (SSSR count). The zero-order valence-electron chi connectivity index (χ0n) is 13.1. The molecule has 2 N–H and O–H groups in total. The number of amides is 1. The topological polar surface area (TPSA) is 79.5 Å². The van der Waals surface area contributed by atoms with Gasteiger partial charge in [-0.25, -0.2) is 4.79 Å². The summed E-state index contributed by atoms with van der Waals surface area (Å²) in [6.45, 7) is 4.22. The lowest BCUT2D eigenvalue weighted by Gasteiger charge is -2.10. The third-order valence-electron chi connectivity index (χ3n) is 4.18. The number of carboxylic acid groups (broad SMARTS) is 1. The summed E-state index contributed by atoms with van der Waals surface area (Å²) in [5, 5.41) is 11.7. The molecule has 1 fully saturated rings. The Bertz CT molecular complexity index is 756. The van der Waals surface area contributed by atoms with Crippen molar-refractivity contribution in [3.63, 3.8) is 0 Å². The second kappa shape index (κ2) is 5.57. The number of nitrogens with one attached hydrogen (secondary N) is 1. The monoisotopic (exact) mass is 313 g/mol. The van der Waals surface area contributed by atoms with E-state index in [1.807, 2.05) is 18.2 Å². The SMILES string of the molecule is CC(C)c1cccc(-c2ccc(C(=O)NC3(C(=O)O)CC3)o2)c1. The molecule has 120 valence electrons. The third-order valence-corrected chi connectivity index (χ3v) is 4.18. The van der Waals surface area contributed by atoms with E-state index >= 15 is 0 Å². The Balaban J connectivity index is 1.79. The zero-order chi connectivity index (χ0) is 16.6. The van der Waals surface area contributed by atoms with Crippen molar-refractivity contribution in [3.8, 4) is 11.3 Å². The van der Waals surface area contributed by atoms with E-state index in [1.165, 1.54) is 5.56 Å². The van der Waals surface area contributed by atoms with Crippen LogP contribution in [0, 0.1) is 0 Å². The van der Waals surface area contributed by atoms with Crippen LogP contribution in [0.4, 0.5) is 0 Å². The molecule has 1 amide bonds. The number of benzene rings is 1. The minimum absolute atomic E-state index is 0.127. The molecule has 0 saturated heterocycles. The van der Waals surface area contributed by atoms with Crippen molar-refractivity contribution in [2.75, 3.05) is 0 Å². The molecule has 1 aliphatic rings. The van der Waals surface area contributed by atoms with E-state index in [1.54, 1.807) is 12.1 Å². The Hall–Kier alpha value is -2.56. The maximum atomic E-state index is 12.2. The number of rotatable bonds is 5. The summed E-state index contributed by atoms with van der Waals surface area (Å²) in [7, 11) is 0. The summed E-state index contributed by atoms with van der Waals surface area (Å²) in [6, 6.07) is 11.3. The van der Waals surface area contributed by atoms with E-state index in [9.17, 15) is 9.59 Å². The van der Waals surface area contributed by atoms with Gasteiger partial charge in [0.15, 0.2) is 5.76 Å². The van der Waals surface area contributed by atoms with Crippen LogP contribution in [0.5, 0.6) is 0 Å². The van der Waals surface area contributed by atoms with Gasteiger partial charge in [-0.05, 0) is 42.5 Å². The maximum absolute atomic E-state index is 12.2. The van der Waals surface area contributed by atoms with Gasteiger partial charge in [0.25, 0.3) is 5.91 Å². The van der Waals surface area contributed by atoms with E-state index in [2.05, 4.69) is 25.2 Å². The normalized spacial score (nSPS) is 15.4. The fourth-order valence-corrected chi connectivity index (χ4v) is 2.46.